The molecule has 0 unspecified atom stereocenters. The minimum absolute atomic E-state index is 0.154. The first-order valence-corrected chi connectivity index (χ1v) is 9.81. The van der Waals surface area contributed by atoms with Gasteiger partial charge < -0.3 is 14.5 Å². The number of rotatable bonds is 7. The van der Waals surface area contributed by atoms with Crippen molar-refractivity contribution in [2.24, 2.45) is 0 Å². The summed E-state index contributed by atoms with van der Waals surface area (Å²) in [6.07, 6.45) is -1.12. The van der Waals surface area contributed by atoms with Crippen molar-refractivity contribution in [3.05, 3.63) is 78.7 Å². The van der Waals surface area contributed by atoms with Crippen LogP contribution in [0.3, 0.4) is 0 Å². The maximum Gasteiger partial charge on any atom is 0.416 e. The third-order valence-corrected chi connectivity index (χ3v) is 4.53. The highest BCUT2D eigenvalue weighted by molar-refractivity contribution is 5.94. The van der Waals surface area contributed by atoms with Gasteiger partial charge in [-0.05, 0) is 30.3 Å². The number of carbonyl (C=O) groups excluding carboxylic acids is 2. The number of benzene rings is 2. The van der Waals surface area contributed by atoms with Crippen LogP contribution >= 0.6 is 0 Å². The summed E-state index contributed by atoms with van der Waals surface area (Å²) >= 11 is 0. The molecule has 2 aromatic carbocycles. The molecule has 0 saturated carbocycles. The highest BCUT2D eigenvalue weighted by Crippen LogP contribution is 2.33. The summed E-state index contributed by atoms with van der Waals surface area (Å²) in [7, 11) is 0. The second-order valence-electron chi connectivity index (χ2n) is 6.97. The van der Waals surface area contributed by atoms with Crippen molar-refractivity contribution >= 4 is 17.6 Å². The molecule has 0 saturated heterocycles. The zero-order valence-corrected chi connectivity index (χ0v) is 17.3. The Balaban J connectivity index is 1.38. The van der Waals surface area contributed by atoms with Gasteiger partial charge in [-0.1, -0.05) is 18.2 Å². The second-order valence-corrected chi connectivity index (χ2v) is 6.97. The Hall–Kier alpha value is -4.48. The molecule has 174 valence electrons. The highest BCUT2D eigenvalue weighted by Gasteiger charge is 2.31. The number of hydrogen-bond acceptors (Lipinski definition) is 7. The lowest BCUT2D eigenvalue weighted by molar-refractivity contribution is -0.146. The summed E-state index contributed by atoms with van der Waals surface area (Å²) < 4.78 is 50.8. The van der Waals surface area contributed by atoms with E-state index in [1.807, 2.05) is 18.2 Å². The number of carbonyl (C=O) groups is 2. The molecule has 4 rings (SSSR count). The van der Waals surface area contributed by atoms with E-state index in [9.17, 15) is 22.8 Å². The lowest BCUT2D eigenvalue weighted by Gasteiger charge is -2.14. The highest BCUT2D eigenvalue weighted by atomic mass is 19.4. The van der Waals surface area contributed by atoms with Gasteiger partial charge in [-0.15, -0.1) is 0 Å². The molecule has 12 heteroatoms. The van der Waals surface area contributed by atoms with Gasteiger partial charge in [-0.2, -0.15) is 18.3 Å². The van der Waals surface area contributed by atoms with E-state index in [2.05, 4.69) is 20.4 Å². The first-order chi connectivity index (χ1) is 16.3. The first kappa shape index (κ1) is 22.7. The van der Waals surface area contributed by atoms with E-state index in [1.165, 1.54) is 23.6 Å². The molecule has 4 aromatic rings. The lowest BCUT2D eigenvalue weighted by atomic mass is 10.1. The molecule has 0 spiro atoms. The molecule has 0 aliphatic carbocycles. The van der Waals surface area contributed by atoms with Crippen LogP contribution in [0.4, 0.5) is 18.9 Å². The average Bonchev–Trinajstić information content (AvgIpc) is 3.50. The van der Waals surface area contributed by atoms with Gasteiger partial charge in [0.2, 0.25) is 5.89 Å². The summed E-state index contributed by atoms with van der Waals surface area (Å²) in [5.41, 5.74) is 0.0388. The van der Waals surface area contributed by atoms with Crippen molar-refractivity contribution in [3.63, 3.8) is 0 Å². The minimum atomic E-state index is -4.62. The summed E-state index contributed by atoms with van der Waals surface area (Å²) in [6.45, 7) is -0.713. The number of esters is 1. The summed E-state index contributed by atoms with van der Waals surface area (Å²) in [4.78, 5) is 32.3. The van der Waals surface area contributed by atoms with Crippen LogP contribution in [-0.2, 0) is 26.9 Å². The normalized spacial score (nSPS) is 11.3. The van der Waals surface area contributed by atoms with E-state index in [-0.39, 0.29) is 17.8 Å². The molecule has 0 fully saturated rings. The molecular formula is C22H16F3N5O4. The Kier molecular flexibility index (Phi) is 6.39. The van der Waals surface area contributed by atoms with E-state index in [0.29, 0.717) is 11.6 Å². The fraction of sp³-hybridized carbons (Fsp3) is 0.136. The van der Waals surface area contributed by atoms with E-state index < -0.39 is 30.2 Å². The van der Waals surface area contributed by atoms with Crippen LogP contribution in [0.5, 0.6) is 0 Å². The minimum Gasteiger partial charge on any atom is -0.455 e. The third kappa shape index (κ3) is 5.46. The number of anilines is 1. The maximum atomic E-state index is 13.1. The third-order valence-electron chi connectivity index (χ3n) is 4.53. The predicted octanol–water partition coefficient (Wildman–Crippen LogP) is 3.67. The van der Waals surface area contributed by atoms with Crippen LogP contribution in [0.2, 0.25) is 0 Å². The number of halogens is 3. The molecule has 0 aliphatic heterocycles. The van der Waals surface area contributed by atoms with Gasteiger partial charge in [0.25, 0.3) is 5.91 Å². The molecule has 0 bridgehead atoms. The van der Waals surface area contributed by atoms with Crippen LogP contribution < -0.4 is 5.32 Å². The Labute approximate surface area is 190 Å². The molecule has 0 atom stereocenters. The zero-order valence-electron chi connectivity index (χ0n) is 17.3. The fourth-order valence-corrected chi connectivity index (χ4v) is 2.98. The van der Waals surface area contributed by atoms with Crippen molar-refractivity contribution < 1.29 is 31.9 Å². The number of ether oxygens (including phenoxy) is 1. The number of nitrogens with zero attached hydrogens (tertiary/aromatic N) is 4. The van der Waals surface area contributed by atoms with E-state index in [0.717, 1.165) is 23.8 Å². The van der Waals surface area contributed by atoms with Crippen molar-refractivity contribution in [2.45, 2.75) is 12.6 Å². The molecule has 1 amide bonds. The van der Waals surface area contributed by atoms with Gasteiger partial charge in [0, 0.05) is 5.56 Å². The van der Waals surface area contributed by atoms with Crippen LogP contribution in [0.15, 0.2) is 71.9 Å². The summed E-state index contributed by atoms with van der Waals surface area (Å²) in [5.74, 6) is -1.27. The van der Waals surface area contributed by atoms with Gasteiger partial charge in [0.1, 0.15) is 18.9 Å². The lowest BCUT2D eigenvalue weighted by Crippen LogP contribution is -2.23. The summed E-state index contributed by atoms with van der Waals surface area (Å²) in [5, 5.41) is 6.18. The van der Waals surface area contributed by atoms with Gasteiger partial charge in [0.05, 0.1) is 29.1 Å². The molecule has 1 N–H and O–H groups in total. The Morgan fingerprint density at radius 1 is 1.12 bits per heavy atom. The molecule has 9 nitrogen and oxygen atoms in total. The van der Waals surface area contributed by atoms with Crippen LogP contribution in [0, 0.1) is 0 Å². The number of oxazole rings is 1. The van der Waals surface area contributed by atoms with Crippen LogP contribution in [-0.4, -0.2) is 38.2 Å². The largest absolute Gasteiger partial charge is 0.455 e. The molecular weight excluding hydrogens is 455 g/mol. The molecule has 0 radical (unpaired) electrons. The SMILES string of the molecule is O=C(COC(=O)Cc1coc(-c2ccccc2)n1)Nc1cc(C(F)(F)F)ccc1-n1cncn1. The van der Waals surface area contributed by atoms with Crippen molar-refractivity contribution in [3.8, 4) is 17.1 Å². The Morgan fingerprint density at radius 2 is 1.91 bits per heavy atom. The topological polar surface area (TPSA) is 112 Å². The molecule has 0 aliphatic rings. The van der Waals surface area contributed by atoms with Gasteiger partial charge in [-0.25, -0.2) is 14.6 Å². The number of amides is 1. The monoisotopic (exact) mass is 471 g/mol. The Morgan fingerprint density at radius 3 is 2.62 bits per heavy atom. The van der Waals surface area contributed by atoms with Gasteiger partial charge in [0.15, 0.2) is 6.61 Å². The quantitative estimate of drug-likeness (QED) is 0.410. The van der Waals surface area contributed by atoms with Gasteiger partial charge >= 0.3 is 12.1 Å². The van der Waals surface area contributed by atoms with Crippen LogP contribution in [0.25, 0.3) is 17.1 Å². The predicted molar refractivity (Wildman–Crippen MR) is 112 cm³/mol. The maximum absolute atomic E-state index is 13.1. The van der Waals surface area contributed by atoms with Crippen molar-refractivity contribution in [2.75, 3.05) is 11.9 Å². The fourth-order valence-electron chi connectivity index (χ4n) is 2.98. The second kappa shape index (κ2) is 9.57. The molecule has 2 heterocycles. The zero-order chi connectivity index (χ0) is 24.1. The smallest absolute Gasteiger partial charge is 0.416 e. The standard InChI is InChI=1S/C22H16F3N5O4/c23-22(24,25)15-6-7-18(30-13-26-12-27-30)17(8-15)29-19(31)11-33-20(32)9-16-10-34-21(28-16)14-4-2-1-3-5-14/h1-8,10,12-13H,9,11H2,(H,29,31). The number of alkyl halides is 3. The number of hydrogen-bond donors (Lipinski definition) is 1. The van der Waals surface area contributed by atoms with E-state index >= 15 is 0 Å². The van der Waals surface area contributed by atoms with Crippen molar-refractivity contribution in [1.29, 1.82) is 0 Å². The Bertz CT molecular complexity index is 1290. The molecule has 34 heavy (non-hydrogen) atoms. The van der Waals surface area contributed by atoms with Crippen LogP contribution in [0.1, 0.15) is 11.3 Å². The first-order valence-electron chi connectivity index (χ1n) is 9.81. The van der Waals surface area contributed by atoms with Crippen molar-refractivity contribution in [1.82, 2.24) is 19.7 Å². The number of aromatic nitrogens is 4. The molecule has 2 aromatic heterocycles. The summed E-state index contributed by atoms with van der Waals surface area (Å²) in [6, 6.07) is 11.8. The van der Waals surface area contributed by atoms with E-state index in [4.69, 9.17) is 9.15 Å². The average molecular weight is 471 g/mol. The van der Waals surface area contributed by atoms with Gasteiger partial charge in [-0.3, -0.25) is 9.59 Å². The van der Waals surface area contributed by atoms with E-state index in [1.54, 1.807) is 12.1 Å². The number of nitrogens with one attached hydrogen (secondary N) is 1.